The number of sulfonamides is 1. The van der Waals surface area contributed by atoms with Crippen molar-refractivity contribution in [1.29, 1.82) is 0 Å². The van der Waals surface area contributed by atoms with Gasteiger partial charge in [0.25, 0.3) is 15.9 Å². The third-order valence-corrected chi connectivity index (χ3v) is 5.68. The van der Waals surface area contributed by atoms with Gasteiger partial charge in [-0.1, -0.05) is 11.6 Å². The van der Waals surface area contributed by atoms with Gasteiger partial charge in [-0.25, -0.2) is 8.42 Å². The molecule has 0 spiro atoms. The summed E-state index contributed by atoms with van der Waals surface area (Å²) >= 11 is 6.10. The number of carbonyl (C=O) groups is 1. The highest BCUT2D eigenvalue weighted by Gasteiger charge is 2.19. The maximum atomic E-state index is 12.7. The van der Waals surface area contributed by atoms with E-state index in [2.05, 4.69) is 10.0 Å². The largest absolute Gasteiger partial charge is 0.494 e. The Morgan fingerprint density at radius 1 is 1.10 bits per heavy atom. The number of rotatable bonds is 11. The summed E-state index contributed by atoms with van der Waals surface area (Å²) in [6.07, 6.45) is 1.55. The van der Waals surface area contributed by atoms with E-state index in [1.807, 2.05) is 6.92 Å². The lowest BCUT2D eigenvalue weighted by Crippen LogP contribution is -2.25. The van der Waals surface area contributed by atoms with Crippen LogP contribution < -0.4 is 14.8 Å². The molecule has 0 fully saturated rings. The Balaban J connectivity index is 2.10. The van der Waals surface area contributed by atoms with E-state index in [0.29, 0.717) is 31.2 Å². The van der Waals surface area contributed by atoms with Crippen LogP contribution in [0.1, 0.15) is 30.1 Å². The number of methoxy groups -OCH3 is 1. The summed E-state index contributed by atoms with van der Waals surface area (Å²) < 4.78 is 38.2. The Morgan fingerprint density at radius 3 is 2.48 bits per heavy atom. The van der Waals surface area contributed by atoms with Crippen LogP contribution in [0.4, 0.5) is 5.69 Å². The molecule has 7 nitrogen and oxygen atoms in total. The number of benzene rings is 2. The standard InChI is InChI=1S/C20H25ClN2O5S/c1-3-28-16-8-6-15(7-9-16)23-29(25,26)17-10-11-19(21)18(14-17)20(24)22-12-4-5-13-27-2/h6-11,14,23H,3-5,12-13H2,1-2H3,(H,22,24). The van der Waals surface area contributed by atoms with Crippen LogP contribution in [-0.4, -0.2) is 41.2 Å². The first-order chi connectivity index (χ1) is 13.9. The summed E-state index contributed by atoms with van der Waals surface area (Å²) in [5.74, 6) is 0.219. The molecule has 0 radical (unpaired) electrons. The van der Waals surface area contributed by atoms with Crippen LogP contribution in [0.5, 0.6) is 5.75 Å². The SMILES string of the molecule is CCOc1ccc(NS(=O)(=O)c2ccc(Cl)c(C(=O)NCCCCOC)c2)cc1. The van der Waals surface area contributed by atoms with Gasteiger partial charge >= 0.3 is 0 Å². The van der Waals surface area contributed by atoms with E-state index < -0.39 is 15.9 Å². The molecule has 0 bridgehead atoms. The number of ether oxygens (including phenoxy) is 2. The van der Waals surface area contributed by atoms with Crippen molar-refractivity contribution in [2.45, 2.75) is 24.7 Å². The molecule has 158 valence electrons. The molecule has 0 aliphatic heterocycles. The number of unbranched alkanes of at least 4 members (excludes halogenated alkanes) is 1. The smallest absolute Gasteiger partial charge is 0.261 e. The van der Waals surface area contributed by atoms with Crippen LogP contribution in [0.3, 0.4) is 0 Å². The van der Waals surface area contributed by atoms with Crippen LogP contribution in [0.15, 0.2) is 47.4 Å². The van der Waals surface area contributed by atoms with Crippen molar-refractivity contribution in [2.75, 3.05) is 31.6 Å². The first kappa shape index (κ1) is 23.0. The van der Waals surface area contributed by atoms with Gasteiger partial charge in [-0.15, -0.1) is 0 Å². The first-order valence-corrected chi connectivity index (χ1v) is 11.1. The van der Waals surface area contributed by atoms with Crippen molar-refractivity contribution in [3.63, 3.8) is 0 Å². The van der Waals surface area contributed by atoms with E-state index in [4.69, 9.17) is 21.1 Å². The van der Waals surface area contributed by atoms with E-state index in [0.717, 1.165) is 12.8 Å². The zero-order chi connectivity index (χ0) is 21.3. The fraction of sp³-hybridized carbons (Fsp3) is 0.350. The summed E-state index contributed by atoms with van der Waals surface area (Å²) in [5, 5.41) is 2.92. The van der Waals surface area contributed by atoms with Crippen molar-refractivity contribution in [3.8, 4) is 5.75 Å². The quantitative estimate of drug-likeness (QED) is 0.519. The number of nitrogens with one attached hydrogen (secondary N) is 2. The second-order valence-electron chi connectivity index (χ2n) is 6.16. The number of anilines is 1. The molecule has 0 aromatic heterocycles. The molecule has 29 heavy (non-hydrogen) atoms. The van der Waals surface area contributed by atoms with E-state index in [1.165, 1.54) is 18.2 Å². The first-order valence-electron chi connectivity index (χ1n) is 9.19. The second kappa shape index (κ2) is 11.0. The summed E-state index contributed by atoms with van der Waals surface area (Å²) in [4.78, 5) is 12.3. The number of halogens is 1. The molecule has 0 saturated heterocycles. The van der Waals surface area contributed by atoms with Crippen molar-refractivity contribution in [1.82, 2.24) is 5.32 Å². The number of carbonyl (C=O) groups excluding carboxylic acids is 1. The van der Waals surface area contributed by atoms with Gasteiger partial charge in [0.15, 0.2) is 0 Å². The normalized spacial score (nSPS) is 11.1. The van der Waals surface area contributed by atoms with E-state index in [1.54, 1.807) is 31.4 Å². The molecule has 0 unspecified atom stereocenters. The highest BCUT2D eigenvalue weighted by molar-refractivity contribution is 7.92. The Hall–Kier alpha value is -2.29. The summed E-state index contributed by atoms with van der Waals surface area (Å²) in [5.41, 5.74) is 0.487. The number of hydrogen-bond acceptors (Lipinski definition) is 5. The third kappa shape index (κ3) is 6.92. The average Bonchev–Trinajstić information content (AvgIpc) is 2.69. The topological polar surface area (TPSA) is 93.7 Å². The Morgan fingerprint density at radius 2 is 1.83 bits per heavy atom. The van der Waals surface area contributed by atoms with Crippen LogP contribution in [-0.2, 0) is 14.8 Å². The molecule has 0 saturated carbocycles. The van der Waals surface area contributed by atoms with Gasteiger partial charge in [0.2, 0.25) is 0 Å². The van der Waals surface area contributed by atoms with E-state index in [9.17, 15) is 13.2 Å². The van der Waals surface area contributed by atoms with Crippen molar-refractivity contribution in [2.24, 2.45) is 0 Å². The number of hydrogen-bond donors (Lipinski definition) is 2. The van der Waals surface area contributed by atoms with Gasteiger partial charge < -0.3 is 14.8 Å². The molecule has 0 atom stereocenters. The van der Waals surface area contributed by atoms with Gasteiger partial charge in [-0.05, 0) is 62.2 Å². The molecule has 2 N–H and O–H groups in total. The van der Waals surface area contributed by atoms with Crippen LogP contribution in [0.2, 0.25) is 5.02 Å². The predicted octanol–water partition coefficient (Wildman–Crippen LogP) is 3.70. The summed E-state index contributed by atoms with van der Waals surface area (Å²) in [6, 6.07) is 10.6. The Labute approximate surface area is 176 Å². The van der Waals surface area contributed by atoms with Gasteiger partial charge in [-0.3, -0.25) is 9.52 Å². The molecular weight excluding hydrogens is 416 g/mol. The maximum Gasteiger partial charge on any atom is 0.261 e. The fourth-order valence-electron chi connectivity index (χ4n) is 2.51. The van der Waals surface area contributed by atoms with Crippen molar-refractivity contribution in [3.05, 3.63) is 53.1 Å². The minimum absolute atomic E-state index is 0.0553. The van der Waals surface area contributed by atoms with E-state index in [-0.39, 0.29) is 15.5 Å². The van der Waals surface area contributed by atoms with E-state index >= 15 is 0 Å². The molecule has 1 amide bonds. The van der Waals surface area contributed by atoms with Crippen LogP contribution >= 0.6 is 11.6 Å². The molecule has 0 aliphatic rings. The van der Waals surface area contributed by atoms with Crippen LogP contribution in [0.25, 0.3) is 0 Å². The highest BCUT2D eigenvalue weighted by atomic mass is 35.5. The molecule has 0 aliphatic carbocycles. The average molecular weight is 441 g/mol. The lowest BCUT2D eigenvalue weighted by molar-refractivity contribution is 0.0951. The maximum absolute atomic E-state index is 12.7. The van der Waals surface area contributed by atoms with Gasteiger partial charge in [0, 0.05) is 25.9 Å². The number of amides is 1. The van der Waals surface area contributed by atoms with Gasteiger partial charge in [-0.2, -0.15) is 0 Å². The van der Waals surface area contributed by atoms with Crippen molar-refractivity contribution >= 4 is 33.2 Å². The Kier molecular flexibility index (Phi) is 8.75. The Bertz CT molecular complexity index is 917. The lowest BCUT2D eigenvalue weighted by atomic mass is 10.2. The zero-order valence-electron chi connectivity index (χ0n) is 16.4. The van der Waals surface area contributed by atoms with Crippen molar-refractivity contribution < 1.29 is 22.7 Å². The summed E-state index contributed by atoms with van der Waals surface area (Å²) in [7, 11) is -2.27. The monoisotopic (exact) mass is 440 g/mol. The molecule has 2 aromatic carbocycles. The third-order valence-electron chi connectivity index (χ3n) is 3.97. The van der Waals surface area contributed by atoms with Gasteiger partial charge in [0.1, 0.15) is 5.75 Å². The minimum atomic E-state index is -3.89. The summed E-state index contributed by atoms with van der Waals surface area (Å²) in [6.45, 7) is 3.44. The highest BCUT2D eigenvalue weighted by Crippen LogP contribution is 2.23. The minimum Gasteiger partial charge on any atom is -0.494 e. The molecule has 2 rings (SSSR count). The molecule has 9 heteroatoms. The molecule has 2 aromatic rings. The predicted molar refractivity (Wildman–Crippen MR) is 113 cm³/mol. The van der Waals surface area contributed by atoms with Gasteiger partial charge in [0.05, 0.1) is 22.1 Å². The molecule has 0 heterocycles. The zero-order valence-corrected chi connectivity index (χ0v) is 18.0. The van der Waals surface area contributed by atoms with Crippen LogP contribution in [0, 0.1) is 0 Å². The lowest BCUT2D eigenvalue weighted by Gasteiger charge is -2.12. The second-order valence-corrected chi connectivity index (χ2v) is 8.25. The molecular formula is C20H25ClN2O5S. The fourth-order valence-corrected chi connectivity index (χ4v) is 3.80.